The van der Waals surface area contributed by atoms with E-state index in [9.17, 15) is 28.8 Å². The smallest absolute Gasteiger partial charge is 0.330 e. The molecule has 0 saturated heterocycles. The van der Waals surface area contributed by atoms with E-state index in [0.29, 0.717) is 101 Å². The molecule has 0 unspecified atom stereocenters. The lowest BCUT2D eigenvalue weighted by molar-refractivity contribution is -0.145. The summed E-state index contributed by atoms with van der Waals surface area (Å²) in [5, 5.41) is 7.94. The molecule has 2 fully saturated rings. The number of ether oxygens (including phenoxy) is 8. The quantitative estimate of drug-likeness (QED) is 0.0249. The Balaban J connectivity index is 0.949. The fourth-order valence-electron chi connectivity index (χ4n) is 7.88. The summed E-state index contributed by atoms with van der Waals surface area (Å²) in [5.41, 5.74) is 0.265. The number of nitrogens with one attached hydrogen (secondary N) is 1. The zero-order valence-corrected chi connectivity index (χ0v) is 38.7. The molecule has 5 rings (SSSR count). The summed E-state index contributed by atoms with van der Waals surface area (Å²) in [4.78, 5) is 74.4. The van der Waals surface area contributed by atoms with Crippen molar-refractivity contribution in [2.45, 2.75) is 103 Å². The minimum absolute atomic E-state index is 0.164. The molecular weight excluding hydrogens is 875 g/mol. The van der Waals surface area contributed by atoms with Gasteiger partial charge in [-0.3, -0.25) is 19.2 Å². The van der Waals surface area contributed by atoms with Crippen LogP contribution in [0.1, 0.15) is 108 Å². The molecule has 68 heavy (non-hydrogen) atoms. The van der Waals surface area contributed by atoms with E-state index in [4.69, 9.17) is 43.3 Å². The summed E-state index contributed by atoms with van der Waals surface area (Å²) in [5.74, 6) is -1.49. The third-order valence-corrected chi connectivity index (χ3v) is 11.9. The maximum absolute atomic E-state index is 13.2. The third-order valence-electron chi connectivity index (χ3n) is 11.9. The molecule has 0 atom stereocenters. The van der Waals surface area contributed by atoms with E-state index in [-0.39, 0.29) is 40.8 Å². The Kier molecular flexibility index (Phi) is 21.8. The Morgan fingerprint density at radius 1 is 0.441 bits per heavy atom. The lowest BCUT2D eigenvalue weighted by atomic mass is 9.82. The van der Waals surface area contributed by atoms with E-state index in [1.54, 1.807) is 48.5 Å². The SMILES string of the molecule is C=CC(=O)OCCCCCCOc1ccc(OC(=O)[C@H]2CC[C@H](C(=O)Oc3ccc(OC(=O)[C@H]4CC[C@H](C(=O)Oc5ccc(OCCCCCCOC(=O)C=C)cc5)CC4)c(C=N)c3)CC2)cc1. The molecule has 3 aromatic rings. The predicted octanol–water partition coefficient (Wildman–Crippen LogP) is 9.66. The normalized spacial score (nSPS) is 17.6. The molecule has 0 heterocycles. The van der Waals surface area contributed by atoms with Crippen LogP contribution in [-0.2, 0) is 38.2 Å². The van der Waals surface area contributed by atoms with E-state index < -0.39 is 35.7 Å². The van der Waals surface area contributed by atoms with Crippen molar-refractivity contribution in [2.75, 3.05) is 26.4 Å². The van der Waals surface area contributed by atoms with E-state index in [1.165, 1.54) is 18.2 Å². The molecule has 2 saturated carbocycles. The van der Waals surface area contributed by atoms with Crippen molar-refractivity contribution in [1.82, 2.24) is 0 Å². The van der Waals surface area contributed by atoms with E-state index >= 15 is 0 Å². The summed E-state index contributed by atoms with van der Waals surface area (Å²) in [7, 11) is 0. The maximum Gasteiger partial charge on any atom is 0.330 e. The van der Waals surface area contributed by atoms with E-state index in [2.05, 4.69) is 13.2 Å². The van der Waals surface area contributed by atoms with Crippen molar-refractivity contribution < 1.29 is 66.7 Å². The number of unbranched alkanes of at least 4 members (excludes halogenated alkanes) is 6. The summed E-state index contributed by atoms with van der Waals surface area (Å²) < 4.78 is 44.1. The van der Waals surface area contributed by atoms with Crippen LogP contribution in [0.25, 0.3) is 0 Å². The fourth-order valence-corrected chi connectivity index (χ4v) is 7.88. The zero-order chi connectivity index (χ0) is 48.5. The van der Waals surface area contributed by atoms with Crippen LogP contribution in [-0.4, -0.2) is 68.5 Å². The van der Waals surface area contributed by atoms with Gasteiger partial charge in [-0.1, -0.05) is 13.2 Å². The van der Waals surface area contributed by atoms with Crippen LogP contribution in [0.2, 0.25) is 0 Å². The minimum Gasteiger partial charge on any atom is -0.494 e. The molecule has 0 aromatic heterocycles. The number of rotatable bonds is 27. The second kappa shape index (κ2) is 28.4. The summed E-state index contributed by atoms with van der Waals surface area (Å²) in [6.45, 7) is 8.56. The Morgan fingerprint density at radius 2 is 0.765 bits per heavy atom. The highest BCUT2D eigenvalue weighted by molar-refractivity contribution is 5.86. The van der Waals surface area contributed by atoms with Gasteiger partial charge in [-0.2, -0.15) is 0 Å². The molecule has 0 aliphatic heterocycles. The highest BCUT2D eigenvalue weighted by Gasteiger charge is 2.34. The van der Waals surface area contributed by atoms with Crippen LogP contribution in [0.3, 0.4) is 0 Å². The molecular formula is C53H63NO14. The second-order valence-electron chi connectivity index (χ2n) is 16.8. The van der Waals surface area contributed by atoms with E-state index in [0.717, 1.165) is 69.7 Å². The van der Waals surface area contributed by atoms with Crippen LogP contribution >= 0.6 is 0 Å². The molecule has 15 heteroatoms. The average Bonchev–Trinajstić information content (AvgIpc) is 3.36. The largest absolute Gasteiger partial charge is 0.494 e. The molecule has 15 nitrogen and oxygen atoms in total. The van der Waals surface area contributed by atoms with Crippen molar-refractivity contribution in [3.8, 4) is 34.5 Å². The van der Waals surface area contributed by atoms with Crippen molar-refractivity contribution in [2.24, 2.45) is 23.7 Å². The number of carbonyl (C=O) groups excluding carboxylic acids is 6. The van der Waals surface area contributed by atoms with Crippen LogP contribution < -0.4 is 28.4 Å². The summed E-state index contributed by atoms with van der Waals surface area (Å²) in [6.07, 6.45) is 13.9. The van der Waals surface area contributed by atoms with Gasteiger partial charge in [0.1, 0.15) is 34.5 Å². The van der Waals surface area contributed by atoms with Crippen molar-refractivity contribution in [1.29, 1.82) is 5.41 Å². The number of hydrogen-bond acceptors (Lipinski definition) is 15. The van der Waals surface area contributed by atoms with Crippen molar-refractivity contribution in [3.63, 3.8) is 0 Å². The number of carbonyl (C=O) groups is 6. The van der Waals surface area contributed by atoms with Gasteiger partial charge in [0.05, 0.1) is 50.1 Å². The molecule has 364 valence electrons. The Morgan fingerprint density at radius 3 is 1.13 bits per heavy atom. The highest BCUT2D eigenvalue weighted by Crippen LogP contribution is 2.35. The second-order valence-corrected chi connectivity index (χ2v) is 16.8. The minimum atomic E-state index is -0.461. The first kappa shape index (κ1) is 52.2. The monoisotopic (exact) mass is 937 g/mol. The fraction of sp³-hybridized carbons (Fsp3) is 0.453. The number of esters is 6. The molecule has 3 aromatic carbocycles. The van der Waals surface area contributed by atoms with Crippen molar-refractivity contribution in [3.05, 3.63) is 97.6 Å². The van der Waals surface area contributed by atoms with Gasteiger partial charge in [-0.05, 0) is 169 Å². The predicted molar refractivity (Wildman–Crippen MR) is 251 cm³/mol. The first-order chi connectivity index (χ1) is 33.0. The Hall–Kier alpha value is -6.77. The van der Waals surface area contributed by atoms with Gasteiger partial charge in [0, 0.05) is 23.9 Å². The molecule has 0 amide bonds. The van der Waals surface area contributed by atoms with Gasteiger partial charge in [0.25, 0.3) is 0 Å². The first-order valence-corrected chi connectivity index (χ1v) is 23.6. The molecule has 2 aliphatic carbocycles. The lowest BCUT2D eigenvalue weighted by Gasteiger charge is -2.26. The summed E-state index contributed by atoms with van der Waals surface area (Å²) in [6, 6.07) is 18.2. The maximum atomic E-state index is 13.2. The first-order valence-electron chi connectivity index (χ1n) is 23.6. The Labute approximate surface area is 397 Å². The molecule has 2 aliphatic rings. The van der Waals surface area contributed by atoms with Crippen LogP contribution in [0.5, 0.6) is 34.5 Å². The molecule has 1 N–H and O–H groups in total. The lowest BCUT2D eigenvalue weighted by Crippen LogP contribution is -2.30. The van der Waals surface area contributed by atoms with Gasteiger partial charge in [0.15, 0.2) is 0 Å². The van der Waals surface area contributed by atoms with Crippen LogP contribution in [0.15, 0.2) is 92.0 Å². The number of hydrogen-bond donors (Lipinski definition) is 1. The van der Waals surface area contributed by atoms with Gasteiger partial charge in [-0.15, -0.1) is 0 Å². The molecule has 0 bridgehead atoms. The van der Waals surface area contributed by atoms with Crippen LogP contribution in [0.4, 0.5) is 0 Å². The Bertz CT molecular complexity index is 2150. The summed E-state index contributed by atoms with van der Waals surface area (Å²) >= 11 is 0. The van der Waals surface area contributed by atoms with E-state index in [1.807, 2.05) is 0 Å². The van der Waals surface area contributed by atoms with Gasteiger partial charge in [0.2, 0.25) is 0 Å². The third kappa shape index (κ3) is 17.8. The van der Waals surface area contributed by atoms with Crippen molar-refractivity contribution >= 4 is 42.0 Å². The molecule has 0 radical (unpaired) electrons. The molecule has 0 spiro atoms. The average molecular weight is 938 g/mol. The highest BCUT2D eigenvalue weighted by atomic mass is 16.6. The topological polar surface area (TPSA) is 200 Å². The number of benzene rings is 3. The van der Waals surface area contributed by atoms with Gasteiger partial charge < -0.3 is 43.3 Å². The standard InChI is InChI=1S/C53H63NO14/c1-3-48(55)63-33-11-7-5-9-31-61-42-21-25-44(26-22-42)65-50(57)37-13-15-39(16-14-37)52(59)67-46-29-30-47(41(35-46)36-54)68-53(60)40-19-17-38(18-20-40)51(58)66-45-27-23-43(24-28-45)62-32-10-6-8-12-34-64-49(56)4-2/h3-4,21-30,35-40,54H,1-2,5-20,31-34H2/t37-,38-,39-,40-. The van der Waals surface area contributed by atoms with Gasteiger partial charge >= 0.3 is 35.8 Å². The van der Waals surface area contributed by atoms with Crippen LogP contribution in [0, 0.1) is 29.1 Å². The zero-order valence-electron chi connectivity index (χ0n) is 38.7. The van der Waals surface area contributed by atoms with Gasteiger partial charge in [-0.25, -0.2) is 9.59 Å².